The molecular formula is C28H23F4NO3. The maximum Gasteiger partial charge on any atom is 0.387 e. The van der Waals surface area contributed by atoms with Gasteiger partial charge in [0.15, 0.2) is 5.78 Å². The first-order chi connectivity index (χ1) is 17.4. The van der Waals surface area contributed by atoms with Gasteiger partial charge in [-0.05, 0) is 53.1 Å². The van der Waals surface area contributed by atoms with Crippen LogP contribution < -0.4 is 9.47 Å². The van der Waals surface area contributed by atoms with Crippen molar-refractivity contribution in [1.82, 2.24) is 4.90 Å². The van der Waals surface area contributed by atoms with E-state index in [1.165, 1.54) is 24.3 Å². The van der Waals surface area contributed by atoms with E-state index in [0.717, 1.165) is 5.56 Å². The second kappa shape index (κ2) is 11.7. The number of carbonyl (C=O) groups excluding carboxylic acids is 1. The van der Waals surface area contributed by atoms with Gasteiger partial charge in [-0.3, -0.25) is 9.69 Å². The lowest BCUT2D eigenvalue weighted by Crippen LogP contribution is -2.37. The summed E-state index contributed by atoms with van der Waals surface area (Å²) in [6.07, 6.45) is 3.47. The Bertz CT molecular complexity index is 1150. The maximum absolute atomic E-state index is 13.3. The summed E-state index contributed by atoms with van der Waals surface area (Å²) in [5.41, 5.74) is 3.53. The molecule has 3 aromatic rings. The number of ketones is 1. The van der Waals surface area contributed by atoms with Crippen molar-refractivity contribution in [2.24, 2.45) is 0 Å². The Kier molecular flexibility index (Phi) is 8.17. The number of carbonyl (C=O) groups is 1. The van der Waals surface area contributed by atoms with Crippen molar-refractivity contribution in [3.63, 3.8) is 0 Å². The molecule has 0 radical (unpaired) electrons. The Balaban J connectivity index is 1.61. The number of Topliss-reactive ketones (excluding diaryl/α,β-unsaturated/α-hetero) is 1. The number of hydrogen-bond acceptors (Lipinski definition) is 4. The normalized spacial score (nSPS) is 16.8. The lowest BCUT2D eigenvalue weighted by Gasteiger charge is -2.30. The molecule has 3 aromatic carbocycles. The lowest BCUT2D eigenvalue weighted by molar-refractivity contribution is -0.113. The topological polar surface area (TPSA) is 38.8 Å². The summed E-state index contributed by atoms with van der Waals surface area (Å²) in [7, 11) is 0. The SMILES string of the molecule is O=C1/C(=C/c2ccc(OC(F)F)cc2)CN(Cc2ccccc2)C/C1=C\c1ccc(OC(F)F)cc1. The molecule has 0 aliphatic carbocycles. The molecule has 4 rings (SSSR count). The van der Waals surface area contributed by atoms with E-state index >= 15 is 0 Å². The van der Waals surface area contributed by atoms with Gasteiger partial charge in [0.05, 0.1) is 0 Å². The zero-order valence-electron chi connectivity index (χ0n) is 19.1. The standard InChI is InChI=1S/C28H23F4NO3/c29-27(30)35-24-10-6-19(7-11-24)14-22-17-33(16-21-4-2-1-3-5-21)18-23(26(22)34)15-20-8-12-25(13-9-20)36-28(31)32/h1-15,27-28H,16-18H2/b22-14+,23-15+. The Labute approximate surface area is 206 Å². The molecule has 0 spiro atoms. The van der Waals surface area contributed by atoms with Crippen LogP contribution in [0.15, 0.2) is 90.0 Å². The van der Waals surface area contributed by atoms with Gasteiger partial charge in [0.1, 0.15) is 11.5 Å². The van der Waals surface area contributed by atoms with Gasteiger partial charge >= 0.3 is 13.2 Å². The molecular weight excluding hydrogens is 474 g/mol. The lowest BCUT2D eigenvalue weighted by atomic mass is 9.94. The largest absolute Gasteiger partial charge is 0.435 e. The molecule has 0 bridgehead atoms. The molecule has 0 amide bonds. The van der Waals surface area contributed by atoms with Gasteiger partial charge in [0, 0.05) is 30.8 Å². The molecule has 0 atom stereocenters. The Hall–Kier alpha value is -3.91. The van der Waals surface area contributed by atoms with E-state index in [9.17, 15) is 22.4 Å². The molecule has 1 aliphatic heterocycles. The molecule has 186 valence electrons. The van der Waals surface area contributed by atoms with Crippen LogP contribution in [0.4, 0.5) is 17.6 Å². The smallest absolute Gasteiger partial charge is 0.387 e. The number of hydrogen-bond donors (Lipinski definition) is 0. The fraction of sp³-hybridized carbons (Fsp3) is 0.179. The van der Waals surface area contributed by atoms with Crippen LogP contribution in [0, 0.1) is 0 Å². The molecule has 1 saturated heterocycles. The third-order valence-electron chi connectivity index (χ3n) is 5.51. The number of nitrogens with zero attached hydrogens (tertiary/aromatic N) is 1. The second-order valence-corrected chi connectivity index (χ2v) is 8.19. The number of rotatable bonds is 8. The first-order valence-electron chi connectivity index (χ1n) is 11.2. The summed E-state index contributed by atoms with van der Waals surface area (Å²) in [6, 6.07) is 22.0. The van der Waals surface area contributed by atoms with E-state index in [2.05, 4.69) is 14.4 Å². The van der Waals surface area contributed by atoms with Gasteiger partial charge in [-0.15, -0.1) is 0 Å². The van der Waals surface area contributed by atoms with Gasteiger partial charge in [0.2, 0.25) is 0 Å². The molecule has 0 aromatic heterocycles. The van der Waals surface area contributed by atoms with Crippen molar-refractivity contribution < 1.29 is 31.8 Å². The van der Waals surface area contributed by atoms with Crippen LogP contribution in [-0.4, -0.2) is 37.0 Å². The number of piperidine rings is 1. The van der Waals surface area contributed by atoms with Crippen LogP contribution in [0.1, 0.15) is 16.7 Å². The Morgan fingerprint density at radius 2 is 1.14 bits per heavy atom. The third-order valence-corrected chi connectivity index (χ3v) is 5.51. The van der Waals surface area contributed by atoms with Gasteiger partial charge in [-0.2, -0.15) is 17.6 Å². The monoisotopic (exact) mass is 497 g/mol. The van der Waals surface area contributed by atoms with Crippen LogP contribution in [0.2, 0.25) is 0 Å². The summed E-state index contributed by atoms with van der Waals surface area (Å²) < 4.78 is 58.5. The average molecular weight is 497 g/mol. The first-order valence-corrected chi connectivity index (χ1v) is 11.2. The first kappa shape index (κ1) is 25.2. The van der Waals surface area contributed by atoms with E-state index < -0.39 is 13.2 Å². The molecule has 0 N–H and O–H groups in total. The van der Waals surface area contributed by atoms with Crippen LogP contribution in [-0.2, 0) is 11.3 Å². The Morgan fingerprint density at radius 1 is 0.694 bits per heavy atom. The van der Waals surface area contributed by atoms with Crippen molar-refractivity contribution in [3.8, 4) is 11.5 Å². The minimum atomic E-state index is -2.91. The van der Waals surface area contributed by atoms with Crippen LogP contribution in [0.25, 0.3) is 12.2 Å². The minimum Gasteiger partial charge on any atom is -0.435 e. The zero-order chi connectivity index (χ0) is 25.5. The molecule has 0 saturated carbocycles. The summed E-state index contributed by atoms with van der Waals surface area (Å²) in [5, 5.41) is 0. The molecule has 4 nitrogen and oxygen atoms in total. The summed E-state index contributed by atoms with van der Waals surface area (Å²) in [5.74, 6) is -0.0690. The fourth-order valence-electron chi connectivity index (χ4n) is 3.96. The number of benzene rings is 3. The van der Waals surface area contributed by atoms with Crippen LogP contribution in [0.5, 0.6) is 11.5 Å². The van der Waals surface area contributed by atoms with E-state index in [1.54, 1.807) is 36.4 Å². The van der Waals surface area contributed by atoms with E-state index in [0.29, 0.717) is 41.9 Å². The van der Waals surface area contributed by atoms with Gasteiger partial charge in [0.25, 0.3) is 0 Å². The van der Waals surface area contributed by atoms with E-state index in [1.807, 2.05) is 30.3 Å². The number of halogens is 4. The van der Waals surface area contributed by atoms with Crippen molar-refractivity contribution >= 4 is 17.9 Å². The zero-order valence-corrected chi connectivity index (χ0v) is 19.1. The van der Waals surface area contributed by atoms with Crippen LogP contribution >= 0.6 is 0 Å². The number of likely N-dealkylation sites (tertiary alicyclic amines) is 1. The highest BCUT2D eigenvalue weighted by molar-refractivity contribution is 6.14. The van der Waals surface area contributed by atoms with E-state index in [-0.39, 0.29) is 17.3 Å². The maximum atomic E-state index is 13.3. The average Bonchev–Trinajstić information content (AvgIpc) is 2.84. The minimum absolute atomic E-state index is 0.0349. The van der Waals surface area contributed by atoms with Crippen molar-refractivity contribution in [3.05, 3.63) is 107 Å². The molecule has 1 aliphatic rings. The molecule has 1 fully saturated rings. The van der Waals surface area contributed by atoms with Gasteiger partial charge in [-0.25, -0.2) is 0 Å². The van der Waals surface area contributed by atoms with Gasteiger partial charge in [-0.1, -0.05) is 54.6 Å². The van der Waals surface area contributed by atoms with Crippen LogP contribution in [0.3, 0.4) is 0 Å². The highest BCUT2D eigenvalue weighted by Crippen LogP contribution is 2.25. The number of ether oxygens (including phenoxy) is 2. The molecule has 8 heteroatoms. The van der Waals surface area contributed by atoms with Crippen molar-refractivity contribution in [2.75, 3.05) is 13.1 Å². The van der Waals surface area contributed by atoms with E-state index in [4.69, 9.17) is 0 Å². The highest BCUT2D eigenvalue weighted by Gasteiger charge is 2.26. The summed E-state index contributed by atoms with van der Waals surface area (Å²) >= 11 is 0. The second-order valence-electron chi connectivity index (χ2n) is 8.19. The highest BCUT2D eigenvalue weighted by atomic mass is 19.3. The van der Waals surface area contributed by atoms with Gasteiger partial charge < -0.3 is 9.47 Å². The molecule has 0 unspecified atom stereocenters. The predicted molar refractivity (Wildman–Crippen MR) is 129 cm³/mol. The fourth-order valence-corrected chi connectivity index (χ4v) is 3.96. The Morgan fingerprint density at radius 3 is 1.56 bits per heavy atom. The van der Waals surface area contributed by atoms with Crippen molar-refractivity contribution in [1.29, 1.82) is 0 Å². The number of alkyl halides is 4. The molecule has 36 heavy (non-hydrogen) atoms. The predicted octanol–water partition coefficient (Wildman–Crippen LogP) is 6.44. The quantitative estimate of drug-likeness (QED) is 0.265. The third kappa shape index (κ3) is 7.05. The van der Waals surface area contributed by atoms with Crippen molar-refractivity contribution in [2.45, 2.75) is 19.8 Å². The summed E-state index contributed by atoms with van der Waals surface area (Å²) in [6.45, 7) is -4.40. The summed E-state index contributed by atoms with van der Waals surface area (Å²) in [4.78, 5) is 15.5. The molecule has 1 heterocycles.